The van der Waals surface area contributed by atoms with Crippen molar-refractivity contribution in [3.8, 4) is 0 Å². The summed E-state index contributed by atoms with van der Waals surface area (Å²) in [5, 5.41) is 0.568. The van der Waals surface area contributed by atoms with Gasteiger partial charge in [0, 0.05) is 5.33 Å². The first-order valence-corrected chi connectivity index (χ1v) is 5.19. The summed E-state index contributed by atoms with van der Waals surface area (Å²) in [7, 11) is 1.31. The van der Waals surface area contributed by atoms with Gasteiger partial charge in [-0.15, -0.1) is 0 Å². The fourth-order valence-electron chi connectivity index (χ4n) is 1.14. The van der Waals surface area contributed by atoms with Crippen LogP contribution in [0, 0.1) is 5.82 Å². The normalized spacial score (nSPS) is 9.93. The van der Waals surface area contributed by atoms with Gasteiger partial charge in [0.2, 0.25) is 0 Å². The largest absolute Gasteiger partial charge is 0.469 e. The molecule has 76 valence electrons. The van der Waals surface area contributed by atoms with E-state index in [2.05, 4.69) is 20.7 Å². The lowest BCUT2D eigenvalue weighted by atomic mass is 10.1. The molecule has 0 fully saturated rings. The topological polar surface area (TPSA) is 26.3 Å². The van der Waals surface area contributed by atoms with E-state index in [0.29, 0.717) is 10.9 Å². The van der Waals surface area contributed by atoms with E-state index in [1.165, 1.54) is 19.2 Å². The Morgan fingerprint density at radius 2 is 2.07 bits per heavy atom. The Bertz CT molecular complexity index is 339. The molecule has 0 unspecified atom stereocenters. The van der Waals surface area contributed by atoms with Gasteiger partial charge in [-0.05, 0) is 23.3 Å². The molecule has 4 heteroatoms. The number of rotatable bonds is 3. The van der Waals surface area contributed by atoms with Crippen molar-refractivity contribution in [2.75, 3.05) is 7.11 Å². The number of methoxy groups -OCH3 is 1. The molecule has 2 nitrogen and oxygen atoms in total. The highest BCUT2D eigenvalue weighted by Crippen LogP contribution is 2.13. The lowest BCUT2D eigenvalue weighted by Crippen LogP contribution is -2.05. The highest BCUT2D eigenvalue weighted by Gasteiger charge is 2.05. The van der Waals surface area contributed by atoms with Gasteiger partial charge in [-0.25, -0.2) is 4.39 Å². The van der Waals surface area contributed by atoms with Crippen molar-refractivity contribution >= 4 is 21.9 Å². The van der Waals surface area contributed by atoms with Crippen LogP contribution in [0.5, 0.6) is 0 Å². The molecule has 0 spiro atoms. The predicted octanol–water partition coefficient (Wildman–Crippen LogP) is 2.44. The van der Waals surface area contributed by atoms with Crippen molar-refractivity contribution in [2.24, 2.45) is 0 Å². The third-order valence-electron chi connectivity index (χ3n) is 1.75. The summed E-state index contributed by atoms with van der Waals surface area (Å²) in [6.07, 6.45) is 0.105. The van der Waals surface area contributed by atoms with Crippen molar-refractivity contribution in [1.29, 1.82) is 0 Å². The van der Waals surface area contributed by atoms with Gasteiger partial charge in [-0.1, -0.05) is 22.0 Å². The predicted molar refractivity (Wildman–Crippen MR) is 54.8 cm³/mol. The summed E-state index contributed by atoms with van der Waals surface area (Å²) >= 11 is 3.23. The van der Waals surface area contributed by atoms with Crippen LogP contribution in [0.2, 0.25) is 0 Å². The number of alkyl halides is 1. The van der Waals surface area contributed by atoms with Gasteiger partial charge < -0.3 is 4.74 Å². The summed E-state index contributed by atoms with van der Waals surface area (Å²) in [5.74, 6) is -0.697. The Balaban J connectivity index is 2.86. The maximum absolute atomic E-state index is 13.0. The molecule has 0 aliphatic carbocycles. The number of ether oxygens (including phenoxy) is 1. The number of esters is 1. The first kappa shape index (κ1) is 11.2. The lowest BCUT2D eigenvalue weighted by molar-refractivity contribution is -0.139. The molecule has 0 heterocycles. The maximum Gasteiger partial charge on any atom is 0.309 e. The number of benzene rings is 1. The SMILES string of the molecule is COC(=O)Cc1cc(F)cc(CBr)c1. The molecule has 0 bridgehead atoms. The van der Waals surface area contributed by atoms with Gasteiger partial charge in [0.15, 0.2) is 0 Å². The molecule has 0 aromatic heterocycles. The van der Waals surface area contributed by atoms with Crippen molar-refractivity contribution in [3.63, 3.8) is 0 Å². The van der Waals surface area contributed by atoms with Gasteiger partial charge in [0.25, 0.3) is 0 Å². The molecule has 14 heavy (non-hydrogen) atoms. The molecular weight excluding hydrogens is 251 g/mol. The van der Waals surface area contributed by atoms with Crippen LogP contribution in [-0.4, -0.2) is 13.1 Å². The van der Waals surface area contributed by atoms with Crippen LogP contribution in [0.25, 0.3) is 0 Å². The van der Waals surface area contributed by atoms with Crippen LogP contribution in [0.15, 0.2) is 18.2 Å². The second-order valence-electron chi connectivity index (χ2n) is 2.85. The molecular formula is C10H10BrFO2. The minimum Gasteiger partial charge on any atom is -0.469 e. The first-order valence-electron chi connectivity index (χ1n) is 4.07. The molecule has 0 N–H and O–H groups in total. The van der Waals surface area contributed by atoms with Crippen LogP contribution >= 0.6 is 15.9 Å². The van der Waals surface area contributed by atoms with Crippen molar-refractivity contribution in [3.05, 3.63) is 35.1 Å². The quantitative estimate of drug-likeness (QED) is 0.617. The van der Waals surface area contributed by atoms with Gasteiger partial charge >= 0.3 is 5.97 Å². The van der Waals surface area contributed by atoms with Crippen LogP contribution in [0.1, 0.15) is 11.1 Å². The molecule has 0 atom stereocenters. The van der Waals surface area contributed by atoms with E-state index < -0.39 is 0 Å². The van der Waals surface area contributed by atoms with Gasteiger partial charge in [-0.3, -0.25) is 4.79 Å². The number of hydrogen-bond donors (Lipinski definition) is 0. The number of carbonyl (C=O) groups is 1. The second kappa shape index (κ2) is 5.10. The first-order chi connectivity index (χ1) is 6.65. The Labute approximate surface area is 90.2 Å². The molecule has 1 rings (SSSR count). The highest BCUT2D eigenvalue weighted by atomic mass is 79.9. The van der Waals surface area contributed by atoms with Crippen molar-refractivity contribution in [2.45, 2.75) is 11.8 Å². The van der Waals surface area contributed by atoms with Crippen LogP contribution in [-0.2, 0) is 21.3 Å². The number of carbonyl (C=O) groups excluding carboxylic acids is 1. The Morgan fingerprint density at radius 1 is 1.43 bits per heavy atom. The van der Waals surface area contributed by atoms with E-state index >= 15 is 0 Å². The molecule has 1 aromatic rings. The molecule has 0 aliphatic rings. The van der Waals surface area contributed by atoms with Crippen molar-refractivity contribution in [1.82, 2.24) is 0 Å². The van der Waals surface area contributed by atoms with E-state index in [1.54, 1.807) is 6.07 Å². The van der Waals surface area contributed by atoms with Gasteiger partial charge in [-0.2, -0.15) is 0 Å². The van der Waals surface area contributed by atoms with E-state index in [1.807, 2.05) is 0 Å². The molecule has 0 saturated carbocycles. The van der Waals surface area contributed by atoms with Gasteiger partial charge in [0.05, 0.1) is 13.5 Å². The summed E-state index contributed by atoms with van der Waals surface area (Å²) in [6, 6.07) is 4.54. The zero-order valence-electron chi connectivity index (χ0n) is 7.72. The third-order valence-corrected chi connectivity index (χ3v) is 2.40. The summed E-state index contributed by atoms with van der Waals surface area (Å²) in [6.45, 7) is 0. The van der Waals surface area contributed by atoms with E-state index in [9.17, 15) is 9.18 Å². The zero-order chi connectivity index (χ0) is 10.6. The monoisotopic (exact) mass is 260 g/mol. The standard InChI is InChI=1S/C10H10BrFO2/c1-14-10(13)5-7-2-8(6-11)4-9(12)3-7/h2-4H,5-6H2,1H3. The van der Waals surface area contributed by atoms with E-state index in [-0.39, 0.29) is 18.2 Å². The van der Waals surface area contributed by atoms with Gasteiger partial charge in [0.1, 0.15) is 5.82 Å². The minimum atomic E-state index is -0.365. The minimum absolute atomic E-state index is 0.105. The third kappa shape index (κ3) is 3.10. The Hall–Kier alpha value is -0.900. The zero-order valence-corrected chi connectivity index (χ0v) is 9.30. The average Bonchev–Trinajstić information content (AvgIpc) is 2.16. The molecule has 0 amide bonds. The summed E-state index contributed by atoms with van der Waals surface area (Å²) < 4.78 is 17.5. The highest BCUT2D eigenvalue weighted by molar-refractivity contribution is 9.08. The Morgan fingerprint density at radius 3 is 2.64 bits per heavy atom. The second-order valence-corrected chi connectivity index (χ2v) is 3.42. The van der Waals surface area contributed by atoms with Crippen LogP contribution in [0.4, 0.5) is 4.39 Å². The summed E-state index contributed by atoms with van der Waals surface area (Å²) in [4.78, 5) is 10.9. The van der Waals surface area contributed by atoms with Crippen molar-refractivity contribution < 1.29 is 13.9 Å². The van der Waals surface area contributed by atoms with E-state index in [4.69, 9.17) is 0 Å². The number of hydrogen-bond acceptors (Lipinski definition) is 2. The fraction of sp³-hybridized carbons (Fsp3) is 0.300. The molecule has 1 aromatic carbocycles. The fourth-order valence-corrected chi connectivity index (χ4v) is 1.46. The summed E-state index contributed by atoms with van der Waals surface area (Å²) in [5.41, 5.74) is 1.44. The maximum atomic E-state index is 13.0. The molecule has 0 radical (unpaired) electrons. The van der Waals surface area contributed by atoms with E-state index in [0.717, 1.165) is 5.56 Å². The lowest BCUT2D eigenvalue weighted by Gasteiger charge is -2.02. The average molecular weight is 261 g/mol. The van der Waals surface area contributed by atoms with Crippen LogP contribution < -0.4 is 0 Å². The number of halogens is 2. The smallest absolute Gasteiger partial charge is 0.309 e. The molecule has 0 saturated heterocycles. The van der Waals surface area contributed by atoms with Crippen LogP contribution in [0.3, 0.4) is 0 Å². The molecule has 0 aliphatic heterocycles. The Kier molecular flexibility index (Phi) is 4.07.